The van der Waals surface area contributed by atoms with Crippen LogP contribution in [0.25, 0.3) is 11.1 Å². The van der Waals surface area contributed by atoms with E-state index in [-0.39, 0.29) is 0 Å². The van der Waals surface area contributed by atoms with Gasteiger partial charge in [-0.2, -0.15) is 0 Å². The Labute approximate surface area is 71.2 Å². The molecule has 2 aromatic rings. The van der Waals surface area contributed by atoms with E-state index in [0.717, 1.165) is 23.1 Å². The topological polar surface area (TPSA) is 26.0 Å². The molecule has 0 N–H and O–H groups in total. The summed E-state index contributed by atoms with van der Waals surface area (Å²) in [7, 11) is 0. The van der Waals surface area contributed by atoms with Crippen LogP contribution >= 0.6 is 0 Å². The standard InChI is InChI=1S/C10H11NO/c1-3-8-5-4-7(2)10-9(8)11-6-12-10/h4-6H,3H2,1-2H3. The van der Waals surface area contributed by atoms with Gasteiger partial charge < -0.3 is 4.42 Å². The molecule has 2 heteroatoms. The number of hydrogen-bond donors (Lipinski definition) is 0. The first-order valence-electron chi connectivity index (χ1n) is 4.14. The van der Waals surface area contributed by atoms with Crippen molar-refractivity contribution in [3.8, 4) is 0 Å². The molecule has 0 radical (unpaired) electrons. The molecule has 62 valence electrons. The van der Waals surface area contributed by atoms with E-state index >= 15 is 0 Å². The first kappa shape index (κ1) is 7.35. The van der Waals surface area contributed by atoms with Crippen LogP contribution in [-0.4, -0.2) is 4.98 Å². The Morgan fingerprint density at radius 2 is 2.25 bits per heavy atom. The minimum absolute atomic E-state index is 0.925. The number of aromatic nitrogens is 1. The molecule has 0 fully saturated rings. The molecule has 0 aliphatic rings. The number of benzene rings is 1. The molecule has 1 aromatic carbocycles. The van der Waals surface area contributed by atoms with Gasteiger partial charge >= 0.3 is 0 Å². The molecule has 0 saturated heterocycles. The van der Waals surface area contributed by atoms with E-state index in [4.69, 9.17) is 4.42 Å². The van der Waals surface area contributed by atoms with Crippen LogP contribution in [0.2, 0.25) is 0 Å². The van der Waals surface area contributed by atoms with Crippen LogP contribution in [0.3, 0.4) is 0 Å². The van der Waals surface area contributed by atoms with Crippen molar-refractivity contribution in [1.29, 1.82) is 0 Å². The highest BCUT2D eigenvalue weighted by Gasteiger charge is 2.05. The lowest BCUT2D eigenvalue weighted by Gasteiger charge is -1.98. The van der Waals surface area contributed by atoms with Gasteiger partial charge in [-0.25, -0.2) is 4.98 Å². The van der Waals surface area contributed by atoms with Gasteiger partial charge in [0.2, 0.25) is 0 Å². The number of hydrogen-bond acceptors (Lipinski definition) is 2. The van der Waals surface area contributed by atoms with Crippen molar-refractivity contribution in [2.45, 2.75) is 20.3 Å². The van der Waals surface area contributed by atoms with E-state index in [0.29, 0.717) is 0 Å². The quantitative estimate of drug-likeness (QED) is 0.642. The fraction of sp³-hybridized carbons (Fsp3) is 0.300. The summed E-state index contributed by atoms with van der Waals surface area (Å²) in [5.41, 5.74) is 4.34. The minimum Gasteiger partial charge on any atom is -0.443 e. The predicted octanol–water partition coefficient (Wildman–Crippen LogP) is 2.70. The summed E-state index contributed by atoms with van der Waals surface area (Å²) in [5.74, 6) is 0. The van der Waals surface area contributed by atoms with Crippen LogP contribution in [0, 0.1) is 6.92 Å². The predicted molar refractivity (Wildman–Crippen MR) is 48.1 cm³/mol. The highest BCUT2D eigenvalue weighted by Crippen LogP contribution is 2.20. The average Bonchev–Trinajstić information content (AvgIpc) is 2.54. The van der Waals surface area contributed by atoms with Gasteiger partial charge in [0.05, 0.1) is 0 Å². The van der Waals surface area contributed by atoms with Crippen LogP contribution in [0.1, 0.15) is 18.1 Å². The molecule has 0 unspecified atom stereocenters. The summed E-state index contributed by atoms with van der Waals surface area (Å²) >= 11 is 0. The number of fused-ring (bicyclic) bond motifs is 1. The molecule has 0 amide bonds. The molecule has 0 atom stereocenters. The second-order valence-electron chi connectivity index (χ2n) is 2.93. The SMILES string of the molecule is CCc1ccc(C)c2ocnc12. The Balaban J connectivity index is 2.82. The summed E-state index contributed by atoms with van der Waals surface area (Å²) in [5, 5.41) is 0. The highest BCUT2D eigenvalue weighted by atomic mass is 16.3. The van der Waals surface area contributed by atoms with Gasteiger partial charge in [0.15, 0.2) is 12.0 Å². The normalized spacial score (nSPS) is 10.8. The first-order chi connectivity index (χ1) is 5.83. The molecular weight excluding hydrogens is 150 g/mol. The number of aryl methyl sites for hydroxylation is 2. The minimum atomic E-state index is 0.925. The fourth-order valence-corrected chi connectivity index (χ4v) is 1.42. The maximum atomic E-state index is 5.28. The maximum absolute atomic E-state index is 5.28. The van der Waals surface area contributed by atoms with Crippen LogP contribution in [0.5, 0.6) is 0 Å². The molecule has 0 bridgehead atoms. The van der Waals surface area contributed by atoms with Crippen LogP contribution < -0.4 is 0 Å². The van der Waals surface area contributed by atoms with E-state index in [2.05, 4.69) is 24.0 Å². The lowest BCUT2D eigenvalue weighted by molar-refractivity contribution is 0.600. The van der Waals surface area contributed by atoms with Crippen molar-refractivity contribution >= 4 is 11.1 Å². The molecule has 0 saturated carbocycles. The summed E-state index contributed by atoms with van der Waals surface area (Å²) in [4.78, 5) is 4.18. The van der Waals surface area contributed by atoms with E-state index < -0.39 is 0 Å². The molecule has 0 aliphatic heterocycles. The number of nitrogens with zero attached hydrogens (tertiary/aromatic N) is 1. The van der Waals surface area contributed by atoms with Crippen LogP contribution in [-0.2, 0) is 6.42 Å². The number of rotatable bonds is 1. The Morgan fingerprint density at radius 1 is 1.42 bits per heavy atom. The molecule has 2 nitrogen and oxygen atoms in total. The van der Waals surface area contributed by atoms with Gasteiger partial charge in [-0.05, 0) is 24.5 Å². The molecule has 0 spiro atoms. The van der Waals surface area contributed by atoms with Gasteiger partial charge in [0.1, 0.15) is 5.52 Å². The van der Waals surface area contributed by atoms with Crippen molar-refractivity contribution in [1.82, 2.24) is 4.98 Å². The number of oxazole rings is 1. The Morgan fingerprint density at radius 3 is 3.00 bits per heavy atom. The second kappa shape index (κ2) is 2.63. The third kappa shape index (κ3) is 0.916. The van der Waals surface area contributed by atoms with Gasteiger partial charge in [-0.15, -0.1) is 0 Å². The van der Waals surface area contributed by atoms with Crippen molar-refractivity contribution in [2.24, 2.45) is 0 Å². The second-order valence-corrected chi connectivity index (χ2v) is 2.93. The van der Waals surface area contributed by atoms with Crippen LogP contribution in [0.15, 0.2) is 22.9 Å². The summed E-state index contributed by atoms with van der Waals surface area (Å²) in [6, 6.07) is 4.19. The molecule has 1 heterocycles. The molecular formula is C10H11NO. The molecule has 2 rings (SSSR count). The zero-order valence-corrected chi connectivity index (χ0v) is 7.29. The fourth-order valence-electron chi connectivity index (χ4n) is 1.42. The highest BCUT2D eigenvalue weighted by molar-refractivity contribution is 5.79. The average molecular weight is 161 g/mol. The maximum Gasteiger partial charge on any atom is 0.182 e. The van der Waals surface area contributed by atoms with Crippen molar-refractivity contribution in [2.75, 3.05) is 0 Å². The monoisotopic (exact) mass is 161 g/mol. The van der Waals surface area contributed by atoms with E-state index in [1.165, 1.54) is 12.0 Å². The summed E-state index contributed by atoms with van der Waals surface area (Å²) in [6.07, 6.45) is 2.51. The Kier molecular flexibility index (Phi) is 1.61. The third-order valence-electron chi connectivity index (χ3n) is 2.15. The zero-order chi connectivity index (χ0) is 8.55. The largest absolute Gasteiger partial charge is 0.443 e. The molecule has 12 heavy (non-hydrogen) atoms. The van der Waals surface area contributed by atoms with Crippen molar-refractivity contribution in [3.63, 3.8) is 0 Å². The lowest BCUT2D eigenvalue weighted by atomic mass is 10.1. The third-order valence-corrected chi connectivity index (χ3v) is 2.15. The smallest absolute Gasteiger partial charge is 0.182 e. The van der Waals surface area contributed by atoms with Crippen molar-refractivity contribution in [3.05, 3.63) is 29.7 Å². The Bertz CT molecular complexity index is 403. The molecule has 1 aromatic heterocycles. The van der Waals surface area contributed by atoms with Gasteiger partial charge in [-0.1, -0.05) is 19.1 Å². The summed E-state index contributed by atoms with van der Waals surface area (Å²) < 4.78 is 5.28. The van der Waals surface area contributed by atoms with Crippen LogP contribution in [0.4, 0.5) is 0 Å². The first-order valence-corrected chi connectivity index (χ1v) is 4.14. The zero-order valence-electron chi connectivity index (χ0n) is 7.29. The van der Waals surface area contributed by atoms with Gasteiger partial charge in [-0.3, -0.25) is 0 Å². The molecule has 0 aliphatic carbocycles. The van der Waals surface area contributed by atoms with E-state index in [9.17, 15) is 0 Å². The van der Waals surface area contributed by atoms with Gasteiger partial charge in [0.25, 0.3) is 0 Å². The van der Waals surface area contributed by atoms with E-state index in [1.807, 2.05) is 6.92 Å². The van der Waals surface area contributed by atoms with Gasteiger partial charge in [0, 0.05) is 0 Å². The lowest BCUT2D eigenvalue weighted by Crippen LogP contribution is -1.84. The van der Waals surface area contributed by atoms with Crippen molar-refractivity contribution < 1.29 is 4.42 Å². The van der Waals surface area contributed by atoms with E-state index in [1.54, 1.807) is 0 Å². The summed E-state index contributed by atoms with van der Waals surface area (Å²) in [6.45, 7) is 4.16. The Hall–Kier alpha value is -1.31.